The molecule has 0 aliphatic heterocycles. The average Bonchev–Trinajstić information content (AvgIpc) is 2.28. The fraction of sp³-hybridized carbons (Fsp3) is 0.364. The fourth-order valence-electron chi connectivity index (χ4n) is 1.24. The molecule has 1 rings (SSSR count). The maximum absolute atomic E-state index is 11.9. The average molecular weight is 262 g/mol. The number of hydrogen-bond donors (Lipinski definition) is 2. The van der Waals surface area contributed by atoms with Crippen LogP contribution in [0, 0.1) is 0 Å². The summed E-state index contributed by atoms with van der Waals surface area (Å²) in [5.74, 6) is -0.289. The first-order valence-electron chi connectivity index (χ1n) is 5.12. The van der Waals surface area contributed by atoms with E-state index in [-0.39, 0.29) is 11.4 Å². The summed E-state index contributed by atoms with van der Waals surface area (Å²) >= 11 is 0. The lowest BCUT2D eigenvalue weighted by Crippen LogP contribution is -2.17. The number of rotatable bonds is 4. The number of benzene rings is 1. The van der Waals surface area contributed by atoms with E-state index in [2.05, 4.69) is 5.32 Å². The number of carbonyl (C=O) groups excluding carboxylic acids is 1. The van der Waals surface area contributed by atoms with Gasteiger partial charge in [-0.3, -0.25) is 4.79 Å². The molecule has 0 radical (unpaired) electrons. The van der Waals surface area contributed by atoms with Gasteiger partial charge in [-0.05, 0) is 12.1 Å². The van der Waals surface area contributed by atoms with Crippen LogP contribution in [0.25, 0.3) is 0 Å². The molecule has 0 heterocycles. The molecule has 4 nitrogen and oxygen atoms in total. The van der Waals surface area contributed by atoms with Gasteiger partial charge < -0.3 is 15.8 Å². The number of halogens is 3. The van der Waals surface area contributed by atoms with Crippen molar-refractivity contribution in [2.45, 2.75) is 19.0 Å². The summed E-state index contributed by atoms with van der Waals surface area (Å²) in [5.41, 5.74) is 6.08. The highest BCUT2D eigenvalue weighted by molar-refractivity contribution is 5.94. The standard InChI is InChI=1S/C11H13F3N2O2/c1-18-7-2-3-8(15)9(6-7)16-10(17)4-5-11(12,13)14/h2-3,6H,4-5,15H2,1H3,(H,16,17). The summed E-state index contributed by atoms with van der Waals surface area (Å²) in [6.07, 6.45) is -6.15. The van der Waals surface area contributed by atoms with Gasteiger partial charge in [0.2, 0.25) is 5.91 Å². The maximum Gasteiger partial charge on any atom is 0.389 e. The molecule has 0 bridgehead atoms. The highest BCUT2D eigenvalue weighted by atomic mass is 19.4. The Bertz CT molecular complexity index is 433. The van der Waals surface area contributed by atoms with E-state index < -0.39 is 24.9 Å². The number of methoxy groups -OCH3 is 1. The minimum atomic E-state index is -4.35. The third kappa shape index (κ3) is 4.52. The molecule has 1 aromatic carbocycles. The van der Waals surface area contributed by atoms with Gasteiger partial charge in [0.15, 0.2) is 0 Å². The van der Waals surface area contributed by atoms with Gasteiger partial charge >= 0.3 is 6.18 Å². The molecule has 1 amide bonds. The molecule has 0 aliphatic carbocycles. The van der Waals surface area contributed by atoms with Gasteiger partial charge in [-0.15, -0.1) is 0 Å². The molecule has 0 saturated heterocycles. The third-order valence-electron chi connectivity index (χ3n) is 2.17. The van der Waals surface area contributed by atoms with Crippen LogP contribution >= 0.6 is 0 Å². The second-order valence-electron chi connectivity index (χ2n) is 3.62. The Morgan fingerprint density at radius 3 is 2.67 bits per heavy atom. The molecule has 0 aliphatic rings. The van der Waals surface area contributed by atoms with Crippen LogP contribution in [-0.2, 0) is 4.79 Å². The zero-order chi connectivity index (χ0) is 13.8. The van der Waals surface area contributed by atoms with Crippen LogP contribution in [0.4, 0.5) is 24.5 Å². The van der Waals surface area contributed by atoms with Crippen molar-refractivity contribution in [1.82, 2.24) is 0 Å². The molecule has 0 aromatic heterocycles. The molecule has 0 saturated carbocycles. The van der Waals surface area contributed by atoms with Crippen LogP contribution < -0.4 is 15.8 Å². The first-order chi connectivity index (χ1) is 8.31. The van der Waals surface area contributed by atoms with Crippen LogP contribution in [0.5, 0.6) is 5.75 Å². The number of anilines is 2. The lowest BCUT2D eigenvalue weighted by molar-refractivity contribution is -0.142. The van der Waals surface area contributed by atoms with Crippen molar-refractivity contribution in [1.29, 1.82) is 0 Å². The maximum atomic E-state index is 11.9. The number of alkyl halides is 3. The van der Waals surface area contributed by atoms with Gasteiger partial charge in [-0.1, -0.05) is 0 Å². The zero-order valence-electron chi connectivity index (χ0n) is 9.67. The summed E-state index contributed by atoms with van der Waals surface area (Å²) in [4.78, 5) is 11.3. The van der Waals surface area contributed by atoms with Crippen LogP contribution in [0.2, 0.25) is 0 Å². The van der Waals surface area contributed by atoms with Gasteiger partial charge in [0, 0.05) is 12.5 Å². The van der Waals surface area contributed by atoms with Gasteiger partial charge in [0.25, 0.3) is 0 Å². The normalized spacial score (nSPS) is 11.1. The van der Waals surface area contributed by atoms with E-state index in [0.717, 1.165) is 0 Å². The Balaban J connectivity index is 2.64. The Hall–Kier alpha value is -1.92. The summed E-state index contributed by atoms with van der Waals surface area (Å²) < 4.78 is 40.7. The lowest BCUT2D eigenvalue weighted by Gasteiger charge is -2.10. The second kappa shape index (κ2) is 5.61. The minimum absolute atomic E-state index is 0.238. The first-order valence-corrected chi connectivity index (χ1v) is 5.12. The molecular weight excluding hydrogens is 249 g/mol. The van der Waals surface area contributed by atoms with Crippen LogP contribution in [0.15, 0.2) is 18.2 Å². The highest BCUT2D eigenvalue weighted by Crippen LogP contribution is 2.26. The Labute approximate surface area is 102 Å². The Morgan fingerprint density at radius 2 is 2.11 bits per heavy atom. The van der Waals surface area contributed by atoms with Crippen molar-refractivity contribution >= 4 is 17.3 Å². The number of amides is 1. The molecule has 18 heavy (non-hydrogen) atoms. The van der Waals surface area contributed by atoms with E-state index in [9.17, 15) is 18.0 Å². The molecule has 1 aromatic rings. The van der Waals surface area contributed by atoms with E-state index in [4.69, 9.17) is 10.5 Å². The molecule has 0 fully saturated rings. The lowest BCUT2D eigenvalue weighted by atomic mass is 10.2. The van der Waals surface area contributed by atoms with Gasteiger partial charge in [-0.2, -0.15) is 13.2 Å². The van der Waals surface area contributed by atoms with Crippen molar-refractivity contribution in [3.05, 3.63) is 18.2 Å². The predicted octanol–water partition coefficient (Wildman–Crippen LogP) is 2.56. The van der Waals surface area contributed by atoms with Crippen molar-refractivity contribution in [3.63, 3.8) is 0 Å². The number of nitrogen functional groups attached to an aromatic ring is 1. The fourth-order valence-corrected chi connectivity index (χ4v) is 1.24. The topological polar surface area (TPSA) is 64.3 Å². The van der Waals surface area contributed by atoms with Crippen molar-refractivity contribution in [3.8, 4) is 5.75 Å². The SMILES string of the molecule is COc1ccc(N)c(NC(=O)CCC(F)(F)F)c1. The summed E-state index contributed by atoms with van der Waals surface area (Å²) in [6.45, 7) is 0. The Morgan fingerprint density at radius 1 is 1.44 bits per heavy atom. The molecule has 0 unspecified atom stereocenters. The van der Waals surface area contributed by atoms with Gasteiger partial charge in [-0.25, -0.2) is 0 Å². The highest BCUT2D eigenvalue weighted by Gasteiger charge is 2.27. The van der Waals surface area contributed by atoms with E-state index in [0.29, 0.717) is 5.75 Å². The largest absolute Gasteiger partial charge is 0.497 e. The van der Waals surface area contributed by atoms with Gasteiger partial charge in [0.1, 0.15) is 5.75 Å². The molecule has 100 valence electrons. The quantitative estimate of drug-likeness (QED) is 0.819. The van der Waals surface area contributed by atoms with E-state index >= 15 is 0 Å². The number of nitrogens with one attached hydrogen (secondary N) is 1. The number of ether oxygens (including phenoxy) is 1. The van der Waals surface area contributed by atoms with E-state index in [1.54, 1.807) is 6.07 Å². The molecule has 3 N–H and O–H groups in total. The number of carbonyl (C=O) groups is 1. The molecular formula is C11H13F3N2O2. The third-order valence-corrected chi connectivity index (χ3v) is 2.17. The zero-order valence-corrected chi connectivity index (χ0v) is 9.67. The number of nitrogens with two attached hydrogens (primary N) is 1. The predicted molar refractivity (Wildman–Crippen MR) is 61.3 cm³/mol. The van der Waals surface area contributed by atoms with Crippen molar-refractivity contribution < 1.29 is 22.7 Å². The molecule has 0 spiro atoms. The minimum Gasteiger partial charge on any atom is -0.497 e. The monoisotopic (exact) mass is 262 g/mol. The van der Waals surface area contributed by atoms with E-state index in [1.165, 1.54) is 19.2 Å². The summed E-state index contributed by atoms with van der Waals surface area (Å²) in [7, 11) is 1.43. The van der Waals surface area contributed by atoms with Gasteiger partial charge in [0.05, 0.1) is 24.9 Å². The van der Waals surface area contributed by atoms with Crippen LogP contribution in [0.3, 0.4) is 0 Å². The second-order valence-corrected chi connectivity index (χ2v) is 3.62. The van der Waals surface area contributed by atoms with Crippen LogP contribution in [0.1, 0.15) is 12.8 Å². The number of hydrogen-bond acceptors (Lipinski definition) is 3. The van der Waals surface area contributed by atoms with Crippen molar-refractivity contribution in [2.24, 2.45) is 0 Å². The smallest absolute Gasteiger partial charge is 0.389 e. The first kappa shape index (κ1) is 14.1. The summed E-state index contributed by atoms with van der Waals surface area (Å²) in [6, 6.07) is 4.53. The van der Waals surface area contributed by atoms with Crippen molar-refractivity contribution in [2.75, 3.05) is 18.2 Å². The molecule has 0 atom stereocenters. The Kier molecular flexibility index (Phi) is 4.41. The van der Waals surface area contributed by atoms with E-state index in [1.807, 2.05) is 0 Å². The van der Waals surface area contributed by atoms with Crippen LogP contribution in [-0.4, -0.2) is 19.2 Å². The summed E-state index contributed by atoms with van der Waals surface area (Å²) in [5, 5.41) is 2.31. The molecule has 7 heteroatoms.